The van der Waals surface area contributed by atoms with Gasteiger partial charge in [-0.15, -0.1) is 0 Å². The van der Waals surface area contributed by atoms with Crippen molar-refractivity contribution in [3.8, 4) is 0 Å². The molecule has 0 amide bonds. The molecule has 2 aromatic rings. The Morgan fingerprint density at radius 2 is 1.79 bits per heavy atom. The summed E-state index contributed by atoms with van der Waals surface area (Å²) in [5, 5.41) is 0.757. The molecule has 1 nitrogen and oxygen atoms in total. The van der Waals surface area contributed by atoms with E-state index in [2.05, 4.69) is 53.8 Å². The minimum absolute atomic E-state index is 0.119. The molecule has 19 heavy (non-hydrogen) atoms. The zero-order valence-corrected chi connectivity index (χ0v) is 13.4. The van der Waals surface area contributed by atoms with E-state index in [1.54, 1.807) is 0 Å². The topological polar surface area (TPSA) is 12.4 Å². The van der Waals surface area contributed by atoms with E-state index in [-0.39, 0.29) is 5.54 Å². The number of rotatable bonds is 2. The zero-order valence-electron chi connectivity index (χ0n) is 10.5. The van der Waals surface area contributed by atoms with Gasteiger partial charge in [-0.3, -0.25) is 4.99 Å². The van der Waals surface area contributed by atoms with Gasteiger partial charge in [-0.25, -0.2) is 0 Å². The van der Waals surface area contributed by atoms with Crippen molar-refractivity contribution >= 4 is 39.9 Å². The summed E-state index contributed by atoms with van der Waals surface area (Å²) in [7, 11) is 0. The molecule has 96 valence electrons. The third-order valence-electron chi connectivity index (χ3n) is 3.50. The van der Waals surface area contributed by atoms with E-state index >= 15 is 0 Å². The van der Waals surface area contributed by atoms with Crippen LogP contribution >= 0.6 is 34.2 Å². The van der Waals surface area contributed by atoms with Crippen molar-refractivity contribution in [2.24, 2.45) is 4.99 Å². The normalized spacial score (nSPS) is 21.1. The van der Waals surface area contributed by atoms with Crippen LogP contribution in [0.25, 0.3) is 0 Å². The summed E-state index contributed by atoms with van der Waals surface area (Å²) in [5.74, 6) is 0. The first-order valence-electron chi connectivity index (χ1n) is 6.16. The summed E-state index contributed by atoms with van der Waals surface area (Å²) in [6, 6.07) is 16.4. The SMILES string of the molecule is CC1(CI)N=C(c2ccc(Cl)cc2)c2ccccc21. The molecule has 0 fully saturated rings. The lowest BCUT2D eigenvalue weighted by atomic mass is 9.92. The lowest BCUT2D eigenvalue weighted by Gasteiger charge is -2.18. The van der Waals surface area contributed by atoms with E-state index in [4.69, 9.17) is 16.6 Å². The van der Waals surface area contributed by atoms with Gasteiger partial charge in [-0.1, -0.05) is 70.6 Å². The maximum Gasteiger partial charge on any atom is 0.0931 e. The Labute approximate surface area is 131 Å². The van der Waals surface area contributed by atoms with E-state index < -0.39 is 0 Å². The molecule has 2 aromatic carbocycles. The van der Waals surface area contributed by atoms with E-state index in [0.717, 1.165) is 20.7 Å². The Bertz CT molecular complexity index is 648. The minimum Gasteiger partial charge on any atom is -0.272 e. The van der Waals surface area contributed by atoms with Gasteiger partial charge in [0.2, 0.25) is 0 Å². The average molecular weight is 382 g/mol. The number of benzene rings is 2. The second-order valence-corrected chi connectivity index (χ2v) is 6.12. The van der Waals surface area contributed by atoms with Crippen LogP contribution in [0.5, 0.6) is 0 Å². The number of halogens is 2. The zero-order chi connectivity index (χ0) is 13.5. The van der Waals surface area contributed by atoms with Crippen LogP contribution in [0, 0.1) is 0 Å². The summed E-state index contributed by atoms with van der Waals surface area (Å²) in [4.78, 5) is 4.97. The maximum atomic E-state index is 5.96. The first-order chi connectivity index (χ1) is 9.14. The molecule has 0 saturated carbocycles. The standard InChI is InChI=1S/C16H13ClIN/c1-16(10-18)14-5-3-2-4-13(14)15(19-16)11-6-8-12(17)9-7-11/h2-9H,10H2,1H3. The second-order valence-electron chi connectivity index (χ2n) is 4.92. The monoisotopic (exact) mass is 381 g/mol. The first-order valence-corrected chi connectivity index (χ1v) is 8.06. The van der Waals surface area contributed by atoms with Crippen LogP contribution in [0.3, 0.4) is 0 Å². The van der Waals surface area contributed by atoms with Gasteiger partial charge in [0, 0.05) is 20.6 Å². The van der Waals surface area contributed by atoms with Gasteiger partial charge in [0.25, 0.3) is 0 Å². The third-order valence-corrected chi connectivity index (χ3v) is 5.24. The number of alkyl halides is 1. The number of hydrogen-bond acceptors (Lipinski definition) is 1. The number of hydrogen-bond donors (Lipinski definition) is 0. The van der Waals surface area contributed by atoms with Gasteiger partial charge in [0.05, 0.1) is 11.3 Å². The minimum atomic E-state index is -0.119. The number of aliphatic imine (C=N–C) groups is 1. The largest absolute Gasteiger partial charge is 0.272 e. The van der Waals surface area contributed by atoms with Crippen LogP contribution in [-0.4, -0.2) is 10.1 Å². The van der Waals surface area contributed by atoms with Crippen LogP contribution in [0.1, 0.15) is 23.6 Å². The summed E-state index contributed by atoms with van der Waals surface area (Å²) < 4.78 is 0.971. The van der Waals surface area contributed by atoms with E-state index in [1.807, 2.05) is 24.3 Å². The molecular weight excluding hydrogens is 369 g/mol. The van der Waals surface area contributed by atoms with Crippen molar-refractivity contribution in [1.29, 1.82) is 0 Å². The van der Waals surface area contributed by atoms with Crippen molar-refractivity contribution in [3.05, 3.63) is 70.2 Å². The molecule has 0 saturated heterocycles. The smallest absolute Gasteiger partial charge is 0.0931 e. The van der Waals surface area contributed by atoms with Crippen LogP contribution in [0.2, 0.25) is 5.02 Å². The quantitative estimate of drug-likeness (QED) is 0.521. The number of fused-ring (bicyclic) bond motifs is 1. The van der Waals surface area contributed by atoms with Crippen molar-refractivity contribution in [1.82, 2.24) is 0 Å². The van der Waals surface area contributed by atoms with Crippen molar-refractivity contribution in [2.45, 2.75) is 12.5 Å². The highest BCUT2D eigenvalue weighted by molar-refractivity contribution is 14.1. The Morgan fingerprint density at radius 1 is 1.11 bits per heavy atom. The fourth-order valence-electron chi connectivity index (χ4n) is 2.46. The molecule has 0 aromatic heterocycles. The lowest BCUT2D eigenvalue weighted by Crippen LogP contribution is -2.18. The summed E-state index contributed by atoms with van der Waals surface area (Å²) >= 11 is 8.37. The fourth-order valence-corrected chi connectivity index (χ4v) is 3.16. The molecule has 1 aliphatic rings. The highest BCUT2D eigenvalue weighted by Crippen LogP contribution is 2.38. The van der Waals surface area contributed by atoms with E-state index in [1.165, 1.54) is 11.1 Å². The second kappa shape index (κ2) is 4.91. The van der Waals surface area contributed by atoms with Gasteiger partial charge in [-0.2, -0.15) is 0 Å². The van der Waals surface area contributed by atoms with Crippen LogP contribution in [0.4, 0.5) is 0 Å². The Kier molecular flexibility index (Phi) is 3.39. The Morgan fingerprint density at radius 3 is 2.47 bits per heavy atom. The van der Waals surface area contributed by atoms with E-state index in [0.29, 0.717) is 0 Å². The average Bonchev–Trinajstić information content (AvgIpc) is 2.75. The molecule has 1 heterocycles. The molecule has 0 spiro atoms. The van der Waals surface area contributed by atoms with Gasteiger partial charge in [0.1, 0.15) is 0 Å². The lowest BCUT2D eigenvalue weighted by molar-refractivity contribution is 0.593. The van der Waals surface area contributed by atoms with Gasteiger partial charge in [-0.05, 0) is 24.6 Å². The molecule has 0 N–H and O–H groups in total. The molecule has 3 heteroatoms. The Balaban J connectivity index is 2.17. The van der Waals surface area contributed by atoms with Crippen LogP contribution in [-0.2, 0) is 5.54 Å². The van der Waals surface area contributed by atoms with Crippen LogP contribution in [0.15, 0.2) is 53.5 Å². The highest BCUT2D eigenvalue weighted by atomic mass is 127. The maximum absolute atomic E-state index is 5.96. The molecule has 1 aliphatic heterocycles. The summed E-state index contributed by atoms with van der Waals surface area (Å²) in [5.41, 5.74) is 4.64. The fraction of sp³-hybridized carbons (Fsp3) is 0.188. The summed E-state index contributed by atoms with van der Waals surface area (Å²) in [6.07, 6.45) is 0. The Hall–Kier alpha value is -0.870. The molecule has 3 rings (SSSR count). The van der Waals surface area contributed by atoms with Crippen molar-refractivity contribution in [2.75, 3.05) is 4.43 Å². The molecule has 1 unspecified atom stereocenters. The number of nitrogens with zero attached hydrogens (tertiary/aromatic N) is 1. The third kappa shape index (κ3) is 2.21. The molecule has 1 atom stereocenters. The first kappa shape index (κ1) is 13.1. The molecule has 0 radical (unpaired) electrons. The van der Waals surface area contributed by atoms with Crippen molar-refractivity contribution in [3.63, 3.8) is 0 Å². The van der Waals surface area contributed by atoms with Crippen molar-refractivity contribution < 1.29 is 0 Å². The summed E-state index contributed by atoms with van der Waals surface area (Å²) in [6.45, 7) is 2.20. The van der Waals surface area contributed by atoms with Gasteiger partial charge >= 0.3 is 0 Å². The van der Waals surface area contributed by atoms with Gasteiger partial charge < -0.3 is 0 Å². The molecule has 0 aliphatic carbocycles. The van der Waals surface area contributed by atoms with E-state index in [9.17, 15) is 0 Å². The molecular formula is C16H13ClIN. The predicted octanol–water partition coefficient (Wildman–Crippen LogP) is 4.84. The van der Waals surface area contributed by atoms with Crippen LogP contribution < -0.4 is 0 Å². The highest BCUT2D eigenvalue weighted by Gasteiger charge is 2.34. The van der Waals surface area contributed by atoms with Gasteiger partial charge in [0.15, 0.2) is 0 Å². The predicted molar refractivity (Wildman–Crippen MR) is 89.8 cm³/mol. The molecule has 0 bridgehead atoms.